The highest BCUT2D eigenvalue weighted by Gasteiger charge is 2.16. The molecule has 1 heterocycles. The van der Waals surface area contributed by atoms with Gasteiger partial charge in [0.15, 0.2) is 0 Å². The SMILES string of the molecule is COc1ccc(Br)c(Nc2cccc(-c3c(C(C)C)cccc3C(C)C)n2)c1. The maximum Gasteiger partial charge on any atom is 0.131 e. The van der Waals surface area contributed by atoms with E-state index in [9.17, 15) is 0 Å². The Balaban J connectivity index is 2.06. The molecule has 0 bridgehead atoms. The van der Waals surface area contributed by atoms with Crippen LogP contribution in [0.1, 0.15) is 50.7 Å². The topological polar surface area (TPSA) is 34.1 Å². The van der Waals surface area contributed by atoms with Crippen molar-refractivity contribution >= 4 is 27.4 Å². The first-order valence-corrected chi connectivity index (χ1v) is 10.4. The summed E-state index contributed by atoms with van der Waals surface area (Å²) in [6.07, 6.45) is 0. The molecule has 1 aromatic heterocycles. The van der Waals surface area contributed by atoms with Crippen LogP contribution < -0.4 is 10.1 Å². The van der Waals surface area contributed by atoms with Crippen LogP contribution in [0, 0.1) is 0 Å². The first-order chi connectivity index (χ1) is 13.4. The predicted octanol–water partition coefficient (Wildman–Crippen LogP) is 7.51. The van der Waals surface area contributed by atoms with E-state index in [2.05, 4.69) is 79.3 Å². The smallest absolute Gasteiger partial charge is 0.131 e. The summed E-state index contributed by atoms with van der Waals surface area (Å²) < 4.78 is 6.31. The minimum absolute atomic E-state index is 0.430. The fourth-order valence-electron chi connectivity index (χ4n) is 3.36. The van der Waals surface area contributed by atoms with Crippen LogP contribution in [0.3, 0.4) is 0 Å². The summed E-state index contributed by atoms with van der Waals surface area (Å²) in [6, 6.07) is 18.6. The quantitative estimate of drug-likeness (QED) is 0.432. The van der Waals surface area contributed by atoms with Crippen LogP contribution >= 0.6 is 15.9 Å². The first-order valence-electron chi connectivity index (χ1n) is 9.61. The Morgan fingerprint density at radius 1 is 0.893 bits per heavy atom. The Bertz CT molecular complexity index is 940. The molecule has 0 saturated carbocycles. The van der Waals surface area contributed by atoms with Gasteiger partial charge in [0.05, 0.1) is 18.5 Å². The Morgan fingerprint density at radius 2 is 1.54 bits per heavy atom. The molecule has 0 saturated heterocycles. The highest BCUT2D eigenvalue weighted by molar-refractivity contribution is 9.10. The van der Waals surface area contributed by atoms with Crippen LogP contribution in [0.2, 0.25) is 0 Å². The lowest BCUT2D eigenvalue weighted by Crippen LogP contribution is -2.02. The number of anilines is 2. The van der Waals surface area contributed by atoms with Gasteiger partial charge in [-0.05, 0) is 63.2 Å². The monoisotopic (exact) mass is 438 g/mol. The molecule has 0 fully saturated rings. The minimum Gasteiger partial charge on any atom is -0.497 e. The summed E-state index contributed by atoms with van der Waals surface area (Å²) in [7, 11) is 1.67. The van der Waals surface area contributed by atoms with E-state index < -0.39 is 0 Å². The van der Waals surface area contributed by atoms with Gasteiger partial charge in [-0.15, -0.1) is 0 Å². The number of methoxy groups -OCH3 is 1. The summed E-state index contributed by atoms with van der Waals surface area (Å²) >= 11 is 3.60. The molecular weight excluding hydrogens is 412 g/mol. The number of hydrogen-bond acceptors (Lipinski definition) is 3. The van der Waals surface area contributed by atoms with Gasteiger partial charge in [-0.25, -0.2) is 4.98 Å². The van der Waals surface area contributed by atoms with Crippen molar-refractivity contribution in [3.05, 3.63) is 70.2 Å². The van der Waals surface area contributed by atoms with E-state index in [1.165, 1.54) is 16.7 Å². The molecular formula is C24H27BrN2O. The van der Waals surface area contributed by atoms with Gasteiger partial charge in [-0.2, -0.15) is 0 Å². The summed E-state index contributed by atoms with van der Waals surface area (Å²) in [6.45, 7) is 8.94. The van der Waals surface area contributed by atoms with Crippen molar-refractivity contribution in [2.24, 2.45) is 0 Å². The van der Waals surface area contributed by atoms with E-state index in [0.29, 0.717) is 11.8 Å². The molecule has 2 aromatic carbocycles. The number of hydrogen-bond donors (Lipinski definition) is 1. The number of ether oxygens (including phenoxy) is 1. The van der Waals surface area contributed by atoms with Crippen LogP contribution in [0.4, 0.5) is 11.5 Å². The molecule has 0 spiro atoms. The molecule has 0 atom stereocenters. The zero-order valence-electron chi connectivity index (χ0n) is 17.1. The molecule has 4 heteroatoms. The third-order valence-electron chi connectivity index (χ3n) is 4.81. The average Bonchev–Trinajstić information content (AvgIpc) is 2.69. The predicted molar refractivity (Wildman–Crippen MR) is 122 cm³/mol. The highest BCUT2D eigenvalue weighted by Crippen LogP contribution is 2.36. The average molecular weight is 439 g/mol. The van der Waals surface area contributed by atoms with E-state index in [4.69, 9.17) is 9.72 Å². The third-order valence-corrected chi connectivity index (χ3v) is 5.51. The van der Waals surface area contributed by atoms with E-state index in [1.807, 2.05) is 24.3 Å². The maximum absolute atomic E-state index is 5.34. The third kappa shape index (κ3) is 4.39. The van der Waals surface area contributed by atoms with Crippen molar-refractivity contribution in [2.75, 3.05) is 12.4 Å². The summed E-state index contributed by atoms with van der Waals surface area (Å²) in [5.41, 5.74) is 5.83. The molecule has 0 radical (unpaired) electrons. The van der Waals surface area contributed by atoms with Gasteiger partial charge in [0.1, 0.15) is 11.6 Å². The molecule has 28 heavy (non-hydrogen) atoms. The molecule has 0 aliphatic carbocycles. The number of rotatable bonds is 6. The molecule has 0 unspecified atom stereocenters. The second-order valence-corrected chi connectivity index (χ2v) is 8.35. The van der Waals surface area contributed by atoms with Crippen LogP contribution in [-0.2, 0) is 0 Å². The van der Waals surface area contributed by atoms with Crippen molar-refractivity contribution < 1.29 is 4.74 Å². The van der Waals surface area contributed by atoms with E-state index >= 15 is 0 Å². The lowest BCUT2D eigenvalue weighted by atomic mass is 9.87. The first kappa shape index (κ1) is 20.4. The second-order valence-electron chi connectivity index (χ2n) is 7.50. The van der Waals surface area contributed by atoms with Gasteiger partial charge in [-0.3, -0.25) is 0 Å². The van der Waals surface area contributed by atoms with Crippen molar-refractivity contribution in [2.45, 2.75) is 39.5 Å². The summed E-state index contributed by atoms with van der Waals surface area (Å²) in [4.78, 5) is 4.95. The van der Waals surface area contributed by atoms with E-state index in [1.54, 1.807) is 7.11 Å². The molecule has 0 aliphatic rings. The zero-order valence-corrected chi connectivity index (χ0v) is 18.7. The fourth-order valence-corrected chi connectivity index (χ4v) is 3.70. The van der Waals surface area contributed by atoms with Gasteiger partial charge in [0.25, 0.3) is 0 Å². The Hall–Kier alpha value is -2.33. The van der Waals surface area contributed by atoms with Gasteiger partial charge >= 0.3 is 0 Å². The number of halogens is 1. The Morgan fingerprint density at radius 3 is 2.14 bits per heavy atom. The number of nitrogens with one attached hydrogen (secondary N) is 1. The number of pyridine rings is 1. The largest absolute Gasteiger partial charge is 0.497 e. The zero-order chi connectivity index (χ0) is 20.3. The molecule has 0 amide bonds. The molecule has 146 valence electrons. The van der Waals surface area contributed by atoms with E-state index in [-0.39, 0.29) is 0 Å². The van der Waals surface area contributed by atoms with Crippen molar-refractivity contribution in [1.82, 2.24) is 4.98 Å². The molecule has 1 N–H and O–H groups in total. The molecule has 3 nitrogen and oxygen atoms in total. The minimum atomic E-state index is 0.430. The normalized spacial score (nSPS) is 11.1. The number of benzene rings is 2. The van der Waals surface area contributed by atoms with E-state index in [0.717, 1.165) is 27.4 Å². The highest BCUT2D eigenvalue weighted by atomic mass is 79.9. The fraction of sp³-hybridized carbons (Fsp3) is 0.292. The molecule has 3 rings (SSSR count). The molecule has 0 aliphatic heterocycles. The number of nitrogens with zero attached hydrogens (tertiary/aromatic N) is 1. The lowest BCUT2D eigenvalue weighted by molar-refractivity contribution is 0.415. The van der Waals surface area contributed by atoms with Gasteiger partial charge < -0.3 is 10.1 Å². The van der Waals surface area contributed by atoms with Crippen molar-refractivity contribution in [3.63, 3.8) is 0 Å². The van der Waals surface area contributed by atoms with Gasteiger partial charge in [0, 0.05) is 16.1 Å². The van der Waals surface area contributed by atoms with Crippen LogP contribution in [0.5, 0.6) is 5.75 Å². The van der Waals surface area contributed by atoms with Crippen LogP contribution in [0.15, 0.2) is 59.1 Å². The summed E-state index contributed by atoms with van der Waals surface area (Å²) in [5.74, 6) is 2.47. The van der Waals surface area contributed by atoms with Crippen LogP contribution in [0.25, 0.3) is 11.3 Å². The molecule has 3 aromatic rings. The Labute approximate surface area is 176 Å². The standard InChI is InChI=1S/C24H27BrN2O/c1-15(2)18-8-6-9-19(16(3)4)24(18)21-10-7-11-23(26-21)27-22-14-17(28-5)12-13-20(22)25/h6-16H,1-5H3,(H,26,27). The maximum atomic E-state index is 5.34. The summed E-state index contributed by atoms with van der Waals surface area (Å²) in [5, 5.41) is 3.42. The lowest BCUT2D eigenvalue weighted by Gasteiger charge is -2.20. The Kier molecular flexibility index (Phi) is 6.40. The van der Waals surface area contributed by atoms with Gasteiger partial charge in [0.2, 0.25) is 0 Å². The van der Waals surface area contributed by atoms with Gasteiger partial charge in [-0.1, -0.05) is 52.0 Å². The van der Waals surface area contributed by atoms with Crippen molar-refractivity contribution in [1.29, 1.82) is 0 Å². The second kappa shape index (κ2) is 8.78. The number of aromatic nitrogens is 1. The van der Waals surface area contributed by atoms with Crippen molar-refractivity contribution in [3.8, 4) is 17.0 Å². The van der Waals surface area contributed by atoms with Crippen LogP contribution in [-0.4, -0.2) is 12.1 Å².